The van der Waals surface area contributed by atoms with Crippen LogP contribution in [0, 0.1) is 0 Å². The SMILES string of the molecule is Oc1cc(C(F)(F)F)ccc1-c1nnc(Nc2ccc3nncn3c2)c2ccccc12. The first-order valence-corrected chi connectivity index (χ1v) is 9.12. The zero-order valence-electron chi connectivity index (χ0n) is 15.7. The topological polar surface area (TPSA) is 88.2 Å². The van der Waals surface area contributed by atoms with Crippen molar-refractivity contribution in [3.05, 3.63) is 72.7 Å². The molecule has 0 radical (unpaired) electrons. The Hall–Kier alpha value is -4.21. The van der Waals surface area contributed by atoms with Crippen LogP contribution in [0.25, 0.3) is 27.7 Å². The van der Waals surface area contributed by atoms with E-state index in [1.807, 2.05) is 18.2 Å². The predicted octanol–water partition coefficient (Wildman–Crippen LogP) is 4.81. The first-order chi connectivity index (χ1) is 14.9. The molecule has 0 saturated carbocycles. The minimum atomic E-state index is -4.55. The van der Waals surface area contributed by atoms with E-state index in [1.54, 1.807) is 35.1 Å². The van der Waals surface area contributed by atoms with Crippen molar-refractivity contribution in [1.29, 1.82) is 0 Å². The number of halogens is 3. The van der Waals surface area contributed by atoms with Crippen LogP contribution in [0.1, 0.15) is 5.56 Å². The summed E-state index contributed by atoms with van der Waals surface area (Å²) in [6, 6.07) is 13.6. The Labute approximate surface area is 172 Å². The van der Waals surface area contributed by atoms with Gasteiger partial charge in [0.15, 0.2) is 11.5 Å². The van der Waals surface area contributed by atoms with Gasteiger partial charge >= 0.3 is 6.18 Å². The first kappa shape index (κ1) is 18.8. The molecule has 3 aromatic heterocycles. The Balaban J connectivity index is 1.59. The summed E-state index contributed by atoms with van der Waals surface area (Å²) in [6.07, 6.45) is -1.19. The Kier molecular flexibility index (Phi) is 4.21. The molecule has 2 N–H and O–H groups in total. The maximum absolute atomic E-state index is 12.9. The maximum Gasteiger partial charge on any atom is 0.416 e. The van der Waals surface area contributed by atoms with E-state index in [0.717, 1.165) is 11.8 Å². The number of alkyl halides is 3. The molecule has 0 bridgehead atoms. The van der Waals surface area contributed by atoms with Crippen LogP contribution in [0.4, 0.5) is 24.7 Å². The normalized spacial score (nSPS) is 11.8. The van der Waals surface area contributed by atoms with Gasteiger partial charge < -0.3 is 10.4 Å². The Morgan fingerprint density at radius 3 is 2.48 bits per heavy atom. The lowest BCUT2D eigenvalue weighted by atomic mass is 10.0. The van der Waals surface area contributed by atoms with E-state index in [2.05, 4.69) is 25.7 Å². The van der Waals surface area contributed by atoms with Gasteiger partial charge in [-0.3, -0.25) is 4.40 Å². The zero-order valence-corrected chi connectivity index (χ0v) is 15.7. The minimum Gasteiger partial charge on any atom is -0.507 e. The summed E-state index contributed by atoms with van der Waals surface area (Å²) < 4.78 is 40.5. The summed E-state index contributed by atoms with van der Waals surface area (Å²) in [4.78, 5) is 0. The first-order valence-electron chi connectivity index (χ1n) is 9.12. The number of nitrogens with one attached hydrogen (secondary N) is 1. The third kappa shape index (κ3) is 3.37. The third-order valence-electron chi connectivity index (χ3n) is 4.82. The van der Waals surface area contributed by atoms with Crippen LogP contribution in [0.3, 0.4) is 0 Å². The van der Waals surface area contributed by atoms with E-state index < -0.39 is 17.5 Å². The van der Waals surface area contributed by atoms with Crippen LogP contribution in [-0.2, 0) is 6.18 Å². The second-order valence-corrected chi connectivity index (χ2v) is 6.81. The molecular formula is C21H13F3N6O. The fourth-order valence-electron chi connectivity index (χ4n) is 3.34. The summed E-state index contributed by atoms with van der Waals surface area (Å²) in [6.45, 7) is 0. The molecule has 0 amide bonds. The fraction of sp³-hybridized carbons (Fsp3) is 0.0476. The summed E-state index contributed by atoms with van der Waals surface area (Å²) in [5.74, 6) is -0.0637. The van der Waals surface area contributed by atoms with E-state index in [4.69, 9.17) is 0 Å². The van der Waals surface area contributed by atoms with Crippen molar-refractivity contribution in [2.75, 3.05) is 5.32 Å². The number of phenolic OH excluding ortho intramolecular Hbond substituents is 1. The number of rotatable bonds is 3. The predicted molar refractivity (Wildman–Crippen MR) is 108 cm³/mol. The second-order valence-electron chi connectivity index (χ2n) is 6.81. The molecule has 0 atom stereocenters. The van der Waals surface area contributed by atoms with Crippen LogP contribution in [0.5, 0.6) is 5.75 Å². The summed E-state index contributed by atoms with van der Waals surface area (Å²) in [5, 5.41) is 31.0. The fourth-order valence-corrected chi connectivity index (χ4v) is 3.34. The molecule has 5 aromatic rings. The van der Waals surface area contributed by atoms with Crippen molar-refractivity contribution < 1.29 is 18.3 Å². The lowest BCUT2D eigenvalue weighted by molar-refractivity contribution is -0.137. The van der Waals surface area contributed by atoms with Crippen molar-refractivity contribution in [1.82, 2.24) is 24.8 Å². The van der Waals surface area contributed by atoms with Gasteiger partial charge in [0.05, 0.1) is 11.3 Å². The van der Waals surface area contributed by atoms with Crippen molar-refractivity contribution in [2.45, 2.75) is 6.18 Å². The number of aromatic hydroxyl groups is 1. The molecule has 0 spiro atoms. The summed E-state index contributed by atoms with van der Waals surface area (Å²) in [7, 11) is 0. The van der Waals surface area contributed by atoms with Gasteiger partial charge in [-0.1, -0.05) is 24.3 Å². The van der Waals surface area contributed by atoms with Crippen LogP contribution in [0.15, 0.2) is 67.1 Å². The average Bonchev–Trinajstić information content (AvgIpc) is 3.21. The molecule has 0 unspecified atom stereocenters. The molecule has 10 heteroatoms. The van der Waals surface area contributed by atoms with Gasteiger partial charge in [-0.2, -0.15) is 13.2 Å². The number of aromatic nitrogens is 5. The Morgan fingerprint density at radius 2 is 1.71 bits per heavy atom. The number of anilines is 2. The Bertz CT molecular complexity index is 1430. The van der Waals surface area contributed by atoms with E-state index in [-0.39, 0.29) is 11.3 Å². The van der Waals surface area contributed by atoms with Gasteiger partial charge in [0.25, 0.3) is 0 Å². The third-order valence-corrected chi connectivity index (χ3v) is 4.82. The van der Waals surface area contributed by atoms with Crippen LogP contribution in [0.2, 0.25) is 0 Å². The molecule has 0 fully saturated rings. The minimum absolute atomic E-state index is 0.161. The number of nitrogens with zero attached hydrogens (tertiary/aromatic N) is 5. The number of benzene rings is 2. The average molecular weight is 422 g/mol. The number of fused-ring (bicyclic) bond motifs is 2. The number of pyridine rings is 1. The molecule has 5 rings (SSSR count). The van der Waals surface area contributed by atoms with Gasteiger partial charge in [0.2, 0.25) is 0 Å². The molecule has 154 valence electrons. The molecule has 31 heavy (non-hydrogen) atoms. The molecule has 2 aromatic carbocycles. The van der Waals surface area contributed by atoms with E-state index >= 15 is 0 Å². The molecule has 3 heterocycles. The van der Waals surface area contributed by atoms with Gasteiger partial charge in [-0.15, -0.1) is 20.4 Å². The number of phenols is 1. The van der Waals surface area contributed by atoms with Crippen molar-refractivity contribution in [3.63, 3.8) is 0 Å². The number of hydrogen-bond acceptors (Lipinski definition) is 6. The lowest BCUT2D eigenvalue weighted by Gasteiger charge is -2.13. The molecule has 0 aliphatic heterocycles. The lowest BCUT2D eigenvalue weighted by Crippen LogP contribution is -2.05. The quantitative estimate of drug-likeness (QED) is 0.434. The van der Waals surface area contributed by atoms with Gasteiger partial charge in [-0.05, 0) is 30.3 Å². The van der Waals surface area contributed by atoms with Gasteiger partial charge in [-0.25, -0.2) is 0 Å². The van der Waals surface area contributed by atoms with Crippen LogP contribution < -0.4 is 5.32 Å². The molecule has 0 saturated heterocycles. The van der Waals surface area contributed by atoms with Crippen molar-refractivity contribution >= 4 is 27.9 Å². The molecule has 7 nitrogen and oxygen atoms in total. The largest absolute Gasteiger partial charge is 0.507 e. The smallest absolute Gasteiger partial charge is 0.416 e. The molecular weight excluding hydrogens is 409 g/mol. The highest BCUT2D eigenvalue weighted by atomic mass is 19.4. The van der Waals surface area contributed by atoms with Crippen molar-refractivity contribution in [3.8, 4) is 17.0 Å². The van der Waals surface area contributed by atoms with Gasteiger partial charge in [0.1, 0.15) is 17.8 Å². The van der Waals surface area contributed by atoms with E-state index in [9.17, 15) is 18.3 Å². The highest BCUT2D eigenvalue weighted by Gasteiger charge is 2.31. The van der Waals surface area contributed by atoms with E-state index in [0.29, 0.717) is 28.3 Å². The summed E-state index contributed by atoms with van der Waals surface area (Å²) >= 11 is 0. The highest BCUT2D eigenvalue weighted by Crippen LogP contribution is 2.38. The Morgan fingerprint density at radius 1 is 0.903 bits per heavy atom. The second kappa shape index (κ2) is 6.94. The van der Waals surface area contributed by atoms with Crippen molar-refractivity contribution in [2.24, 2.45) is 0 Å². The van der Waals surface area contributed by atoms with Gasteiger partial charge in [0, 0.05) is 22.5 Å². The molecule has 0 aliphatic carbocycles. The van der Waals surface area contributed by atoms with Crippen LogP contribution >= 0.6 is 0 Å². The standard InChI is InChI=1S/C21H13F3N6O/c22-21(23,24)12-5-7-16(17(31)9-12)19-14-3-1-2-4-15(14)20(29-28-19)26-13-6-8-18-27-25-11-30(18)10-13/h1-11,31H,(H,26,29). The summed E-state index contributed by atoms with van der Waals surface area (Å²) in [5.41, 5.74) is 0.913. The monoisotopic (exact) mass is 422 g/mol. The van der Waals surface area contributed by atoms with Crippen LogP contribution in [-0.4, -0.2) is 29.9 Å². The highest BCUT2D eigenvalue weighted by molar-refractivity contribution is 6.01. The van der Waals surface area contributed by atoms with E-state index in [1.165, 1.54) is 6.07 Å². The maximum atomic E-state index is 12.9. The molecule has 0 aliphatic rings. The zero-order chi connectivity index (χ0) is 21.6. The number of hydrogen-bond donors (Lipinski definition) is 2.